The van der Waals surface area contributed by atoms with Gasteiger partial charge in [0.25, 0.3) is 0 Å². The number of nitrogens with zero attached hydrogens (tertiary/aromatic N) is 1. The van der Waals surface area contributed by atoms with Crippen LogP contribution in [0.15, 0.2) is 54.7 Å². The molecule has 3 rings (SSSR count). The predicted molar refractivity (Wildman–Crippen MR) is 91.6 cm³/mol. The standard InChI is InChI=1S/C17H14ClFN2OS/c18-17-21-10-16(23-17)9-20-14-2-1-3-15(8-14)22-11-12-4-6-13(19)7-5-12/h1-8,10,20H,9,11H2. The predicted octanol–water partition coefficient (Wildman–Crippen LogP) is 5.13. The van der Waals surface area contributed by atoms with Crippen LogP contribution in [-0.4, -0.2) is 4.98 Å². The molecule has 0 radical (unpaired) electrons. The molecule has 23 heavy (non-hydrogen) atoms. The number of nitrogens with one attached hydrogen (secondary N) is 1. The number of benzene rings is 2. The Hall–Kier alpha value is -2.11. The molecule has 1 N–H and O–H groups in total. The Morgan fingerprint density at radius 1 is 1.17 bits per heavy atom. The van der Waals surface area contributed by atoms with Crippen LogP contribution in [0.2, 0.25) is 4.47 Å². The lowest BCUT2D eigenvalue weighted by atomic mass is 10.2. The summed E-state index contributed by atoms with van der Waals surface area (Å²) in [4.78, 5) is 5.07. The van der Waals surface area contributed by atoms with Crippen LogP contribution in [0.3, 0.4) is 0 Å². The fraction of sp³-hybridized carbons (Fsp3) is 0.118. The van der Waals surface area contributed by atoms with Gasteiger partial charge in [0.15, 0.2) is 4.47 Å². The molecule has 0 saturated carbocycles. The average molecular weight is 349 g/mol. The Morgan fingerprint density at radius 2 is 2.00 bits per heavy atom. The highest BCUT2D eigenvalue weighted by molar-refractivity contribution is 7.15. The van der Waals surface area contributed by atoms with E-state index in [0.29, 0.717) is 17.6 Å². The molecular formula is C17H14ClFN2OS. The molecule has 0 amide bonds. The van der Waals surface area contributed by atoms with Gasteiger partial charge in [-0.05, 0) is 29.8 Å². The van der Waals surface area contributed by atoms with Crippen molar-refractivity contribution in [1.29, 1.82) is 0 Å². The van der Waals surface area contributed by atoms with E-state index in [1.54, 1.807) is 18.3 Å². The summed E-state index contributed by atoms with van der Waals surface area (Å²) < 4.78 is 19.1. The number of hydrogen-bond donors (Lipinski definition) is 1. The fourth-order valence-corrected chi connectivity index (χ4v) is 2.92. The first-order valence-electron chi connectivity index (χ1n) is 7.00. The highest BCUT2D eigenvalue weighted by Crippen LogP contribution is 2.22. The molecule has 0 saturated heterocycles. The Bertz CT molecular complexity index is 776. The molecule has 1 aromatic heterocycles. The second-order valence-electron chi connectivity index (χ2n) is 4.88. The summed E-state index contributed by atoms with van der Waals surface area (Å²) in [6.45, 7) is 1.06. The molecule has 0 aliphatic carbocycles. The Kier molecular flexibility index (Phi) is 5.10. The molecule has 118 valence electrons. The van der Waals surface area contributed by atoms with Gasteiger partial charge in [-0.1, -0.05) is 29.8 Å². The van der Waals surface area contributed by atoms with E-state index in [2.05, 4.69) is 10.3 Å². The van der Waals surface area contributed by atoms with Crippen molar-refractivity contribution in [2.75, 3.05) is 5.32 Å². The lowest BCUT2D eigenvalue weighted by Crippen LogP contribution is -1.99. The lowest BCUT2D eigenvalue weighted by Gasteiger charge is -2.09. The molecule has 0 bridgehead atoms. The smallest absolute Gasteiger partial charge is 0.183 e. The Morgan fingerprint density at radius 3 is 2.74 bits per heavy atom. The second kappa shape index (κ2) is 7.44. The number of rotatable bonds is 6. The van der Waals surface area contributed by atoms with Gasteiger partial charge in [-0.15, -0.1) is 11.3 Å². The summed E-state index contributed by atoms with van der Waals surface area (Å²) in [5.41, 5.74) is 1.87. The van der Waals surface area contributed by atoms with Crippen LogP contribution in [-0.2, 0) is 13.2 Å². The zero-order valence-electron chi connectivity index (χ0n) is 12.1. The van der Waals surface area contributed by atoms with Gasteiger partial charge in [0.1, 0.15) is 18.2 Å². The number of halogens is 2. The lowest BCUT2D eigenvalue weighted by molar-refractivity contribution is 0.306. The van der Waals surface area contributed by atoms with Gasteiger partial charge >= 0.3 is 0 Å². The molecule has 2 aromatic carbocycles. The SMILES string of the molecule is Fc1ccc(COc2cccc(NCc3cnc(Cl)s3)c2)cc1. The molecule has 0 spiro atoms. The zero-order valence-corrected chi connectivity index (χ0v) is 13.7. The van der Waals surface area contributed by atoms with Crippen molar-refractivity contribution < 1.29 is 9.13 Å². The highest BCUT2D eigenvalue weighted by Gasteiger charge is 2.01. The minimum atomic E-state index is -0.247. The number of anilines is 1. The van der Waals surface area contributed by atoms with Gasteiger partial charge < -0.3 is 10.1 Å². The van der Waals surface area contributed by atoms with E-state index in [4.69, 9.17) is 16.3 Å². The summed E-state index contributed by atoms with van der Waals surface area (Å²) >= 11 is 7.26. The van der Waals surface area contributed by atoms with E-state index in [1.807, 2.05) is 24.3 Å². The molecule has 1 heterocycles. The molecule has 6 heteroatoms. The summed E-state index contributed by atoms with van der Waals surface area (Å²) in [5, 5.41) is 3.30. The molecule has 3 aromatic rings. The van der Waals surface area contributed by atoms with Gasteiger partial charge in [-0.25, -0.2) is 9.37 Å². The van der Waals surface area contributed by atoms with E-state index in [9.17, 15) is 4.39 Å². The third kappa shape index (κ3) is 4.68. The van der Waals surface area contributed by atoms with Crippen molar-refractivity contribution in [2.45, 2.75) is 13.2 Å². The van der Waals surface area contributed by atoms with E-state index in [1.165, 1.54) is 23.5 Å². The van der Waals surface area contributed by atoms with E-state index in [0.717, 1.165) is 21.9 Å². The summed E-state index contributed by atoms with van der Waals surface area (Å²) in [6.07, 6.45) is 1.76. The van der Waals surface area contributed by atoms with Crippen LogP contribution in [0.5, 0.6) is 5.75 Å². The average Bonchev–Trinajstić information content (AvgIpc) is 2.98. The largest absolute Gasteiger partial charge is 0.489 e. The van der Waals surface area contributed by atoms with Crippen molar-refractivity contribution in [2.24, 2.45) is 0 Å². The third-order valence-electron chi connectivity index (χ3n) is 3.14. The minimum absolute atomic E-state index is 0.247. The van der Waals surface area contributed by atoms with Crippen LogP contribution in [0, 0.1) is 5.82 Å². The Labute approximate surface area is 142 Å². The molecule has 0 fully saturated rings. The van der Waals surface area contributed by atoms with Crippen LogP contribution < -0.4 is 10.1 Å². The fourth-order valence-electron chi connectivity index (χ4n) is 2.00. The molecular weight excluding hydrogens is 335 g/mol. The summed E-state index contributed by atoms with van der Waals surface area (Å²) in [6, 6.07) is 14.0. The third-order valence-corrected chi connectivity index (χ3v) is 4.26. The maximum atomic E-state index is 12.9. The van der Waals surface area contributed by atoms with Gasteiger partial charge in [-0.2, -0.15) is 0 Å². The van der Waals surface area contributed by atoms with Crippen LogP contribution in [0.25, 0.3) is 0 Å². The number of ether oxygens (including phenoxy) is 1. The quantitative estimate of drug-likeness (QED) is 0.670. The number of thiazole rings is 1. The topological polar surface area (TPSA) is 34.1 Å². The monoisotopic (exact) mass is 348 g/mol. The van der Waals surface area contributed by atoms with E-state index >= 15 is 0 Å². The van der Waals surface area contributed by atoms with Crippen LogP contribution >= 0.6 is 22.9 Å². The second-order valence-corrected chi connectivity index (χ2v) is 6.57. The number of hydrogen-bond acceptors (Lipinski definition) is 4. The first-order chi connectivity index (χ1) is 11.2. The highest BCUT2D eigenvalue weighted by atomic mass is 35.5. The summed E-state index contributed by atoms with van der Waals surface area (Å²) in [7, 11) is 0. The van der Waals surface area contributed by atoms with E-state index in [-0.39, 0.29) is 5.82 Å². The van der Waals surface area contributed by atoms with Gasteiger partial charge in [0.05, 0.1) is 6.54 Å². The van der Waals surface area contributed by atoms with Crippen molar-refractivity contribution >= 4 is 28.6 Å². The van der Waals surface area contributed by atoms with Gasteiger partial charge in [0, 0.05) is 22.8 Å². The molecule has 3 nitrogen and oxygen atoms in total. The minimum Gasteiger partial charge on any atom is -0.489 e. The van der Waals surface area contributed by atoms with E-state index < -0.39 is 0 Å². The zero-order chi connectivity index (χ0) is 16.1. The van der Waals surface area contributed by atoms with Crippen molar-refractivity contribution in [3.63, 3.8) is 0 Å². The van der Waals surface area contributed by atoms with Gasteiger partial charge in [0.2, 0.25) is 0 Å². The first-order valence-corrected chi connectivity index (χ1v) is 8.20. The van der Waals surface area contributed by atoms with Crippen molar-refractivity contribution in [1.82, 2.24) is 4.98 Å². The molecule has 0 atom stereocenters. The number of aromatic nitrogens is 1. The van der Waals surface area contributed by atoms with Crippen LogP contribution in [0.1, 0.15) is 10.4 Å². The van der Waals surface area contributed by atoms with Crippen LogP contribution in [0.4, 0.5) is 10.1 Å². The van der Waals surface area contributed by atoms with Crippen molar-refractivity contribution in [3.8, 4) is 5.75 Å². The van der Waals surface area contributed by atoms with Gasteiger partial charge in [-0.3, -0.25) is 0 Å². The normalized spacial score (nSPS) is 10.5. The first kappa shape index (κ1) is 15.8. The molecule has 0 unspecified atom stereocenters. The maximum Gasteiger partial charge on any atom is 0.183 e. The van der Waals surface area contributed by atoms with Crippen molar-refractivity contribution in [3.05, 3.63) is 75.5 Å². The molecule has 0 aliphatic rings. The molecule has 0 aliphatic heterocycles. The summed E-state index contributed by atoms with van der Waals surface area (Å²) in [5.74, 6) is 0.504. The maximum absolute atomic E-state index is 12.9. The Balaban J connectivity index is 1.57.